The number of carboxylic acids is 1. The zero-order chi connectivity index (χ0) is 26.9. The molecule has 1 fully saturated rings. The molecule has 5 N–H and O–H groups in total. The highest BCUT2D eigenvalue weighted by atomic mass is 32.2. The molecule has 0 unspecified atom stereocenters. The van der Waals surface area contributed by atoms with Crippen LogP contribution in [-0.2, 0) is 31.5 Å². The third kappa shape index (κ3) is 5.54. The highest BCUT2D eigenvalue weighted by molar-refractivity contribution is 8.01. The van der Waals surface area contributed by atoms with E-state index in [1.165, 1.54) is 39.7 Å². The topological polar surface area (TPSA) is 239 Å². The fourth-order valence-electron chi connectivity index (χ4n) is 3.51. The Morgan fingerprint density at radius 3 is 2.81 bits per heavy atom. The lowest BCUT2D eigenvalue weighted by Gasteiger charge is -2.49. The number of thiazole rings is 1. The summed E-state index contributed by atoms with van der Waals surface area (Å²) in [6, 6.07) is -1.17. The maximum Gasteiger partial charge on any atom is 0.352 e. The second kappa shape index (κ2) is 10.6. The number of tetrazole rings is 1. The number of aromatic nitrogens is 5. The molecule has 196 valence electrons. The van der Waals surface area contributed by atoms with Crippen LogP contribution in [0.15, 0.2) is 21.8 Å². The number of rotatable bonds is 10. The molecular formula is C17H18N10O6S4. The number of fused-ring (bicyclic) bond motifs is 1. The van der Waals surface area contributed by atoms with Crippen molar-refractivity contribution in [2.45, 2.75) is 22.6 Å². The van der Waals surface area contributed by atoms with Crippen molar-refractivity contribution in [3.8, 4) is 6.07 Å². The minimum absolute atomic E-state index is 0.00913. The number of carbonyl (C=O) groups excluding carboxylic acids is 2. The Kier molecular flexibility index (Phi) is 7.69. The molecule has 2 aromatic heterocycles. The van der Waals surface area contributed by atoms with Crippen LogP contribution in [0.5, 0.6) is 0 Å². The summed E-state index contributed by atoms with van der Waals surface area (Å²) in [7, 11) is -2.54. The van der Waals surface area contributed by atoms with Crippen LogP contribution in [-0.4, -0.2) is 90.1 Å². The van der Waals surface area contributed by atoms with E-state index in [9.17, 15) is 27.9 Å². The van der Waals surface area contributed by atoms with E-state index in [0.29, 0.717) is 10.7 Å². The number of nitrogens with one attached hydrogen (secondary N) is 2. The molecule has 37 heavy (non-hydrogen) atoms. The number of nitrogens with zero attached hydrogens (tertiary/aromatic N) is 7. The molecule has 20 heteroatoms. The number of nitrogens with two attached hydrogens (primary N) is 1. The Labute approximate surface area is 221 Å². The van der Waals surface area contributed by atoms with E-state index in [1.807, 2.05) is 0 Å². The molecule has 0 radical (unpaired) electrons. The Morgan fingerprint density at radius 1 is 1.46 bits per heavy atom. The summed E-state index contributed by atoms with van der Waals surface area (Å²) in [5, 5.41) is 33.4. The van der Waals surface area contributed by atoms with Crippen LogP contribution in [0, 0.1) is 11.3 Å². The summed E-state index contributed by atoms with van der Waals surface area (Å²) >= 11 is 3.44. The second-order valence-electron chi connectivity index (χ2n) is 7.61. The van der Waals surface area contributed by atoms with Crippen molar-refractivity contribution in [3.63, 3.8) is 0 Å². The number of nitriles is 1. The zero-order valence-corrected chi connectivity index (χ0v) is 22.0. The number of hydrogen-bond acceptors (Lipinski definition) is 14. The highest BCUT2D eigenvalue weighted by Gasteiger charge is 2.54. The third-order valence-electron chi connectivity index (χ3n) is 5.15. The molecule has 3 atom stereocenters. The molecular weight excluding hydrogens is 569 g/mol. The van der Waals surface area contributed by atoms with Gasteiger partial charge in [0.15, 0.2) is 10.9 Å². The maximum absolute atomic E-state index is 13.1. The fraction of sp³-hybridized carbons (Fsp3) is 0.412. The van der Waals surface area contributed by atoms with Crippen molar-refractivity contribution < 1.29 is 27.9 Å². The number of nitrogen functional groups attached to an aromatic ring is 1. The SMILES string of the molecule is Cn1nnnc1SCC1=C(C(=O)O)N2C(=O)[C@@H](NC(=O)[C@H](NS(=O)(=O)CC#N)c3csc(N)n3)[C@H]2SC1. The van der Waals surface area contributed by atoms with Crippen LogP contribution in [0.4, 0.5) is 5.13 Å². The molecule has 16 nitrogen and oxygen atoms in total. The Balaban J connectivity index is 1.51. The van der Waals surface area contributed by atoms with Gasteiger partial charge in [-0.1, -0.05) is 11.8 Å². The predicted octanol–water partition coefficient (Wildman–Crippen LogP) is -1.74. The molecule has 1 saturated heterocycles. The van der Waals surface area contributed by atoms with Gasteiger partial charge in [0.05, 0.1) is 11.8 Å². The highest BCUT2D eigenvalue weighted by Crippen LogP contribution is 2.41. The number of amides is 2. The number of β-lactam (4-membered cyclic amide) rings is 1. The van der Waals surface area contributed by atoms with Crippen molar-refractivity contribution in [1.82, 2.24) is 40.1 Å². The van der Waals surface area contributed by atoms with Crippen molar-refractivity contribution in [3.05, 3.63) is 22.3 Å². The minimum Gasteiger partial charge on any atom is -0.477 e. The first-order valence-electron chi connectivity index (χ1n) is 10.2. The average Bonchev–Trinajstić information content (AvgIpc) is 3.46. The molecule has 2 aliphatic rings. The number of anilines is 1. The van der Waals surface area contributed by atoms with Crippen LogP contribution < -0.4 is 15.8 Å². The van der Waals surface area contributed by atoms with Gasteiger partial charge in [0.25, 0.3) is 5.91 Å². The quantitative estimate of drug-likeness (QED) is 0.179. The fourth-order valence-corrected chi connectivity index (χ4v) is 7.28. The number of hydrogen-bond donors (Lipinski definition) is 4. The number of aliphatic carboxylic acids is 1. The minimum atomic E-state index is -4.18. The predicted molar refractivity (Wildman–Crippen MR) is 131 cm³/mol. The standard InChI is InChI=1S/C17H18N10O6S4/c1-26-17(22-24-25-26)36-5-7-4-34-14-10(13(29)27(14)11(7)15(30)31)21-12(28)9(8-6-35-16(19)20-8)23-37(32,33)3-2-18/h6,9-10,14,23H,3-5H2,1H3,(H2,19,20)(H,21,28)(H,30,31)/t9-,10-,14-/m1/s1. The smallest absolute Gasteiger partial charge is 0.352 e. The van der Waals surface area contributed by atoms with E-state index in [4.69, 9.17) is 11.0 Å². The van der Waals surface area contributed by atoms with E-state index in [0.717, 1.165) is 16.2 Å². The molecule has 2 aliphatic heterocycles. The summed E-state index contributed by atoms with van der Waals surface area (Å²) in [6.45, 7) is 0. The molecule has 2 amide bonds. The van der Waals surface area contributed by atoms with Gasteiger partial charge in [-0.2, -0.15) is 9.98 Å². The summed E-state index contributed by atoms with van der Waals surface area (Å²) in [4.78, 5) is 43.1. The van der Waals surface area contributed by atoms with E-state index in [1.54, 1.807) is 7.05 Å². The Bertz CT molecular complexity index is 1430. The van der Waals surface area contributed by atoms with Crippen LogP contribution >= 0.6 is 34.9 Å². The van der Waals surface area contributed by atoms with Gasteiger partial charge in [-0.3, -0.25) is 14.5 Å². The first-order valence-corrected chi connectivity index (χ1v) is 14.7. The molecule has 4 heterocycles. The lowest BCUT2D eigenvalue weighted by Crippen LogP contribution is -2.71. The number of carboxylic acid groups (broad SMARTS) is 1. The molecule has 0 saturated carbocycles. The van der Waals surface area contributed by atoms with Crippen LogP contribution in [0.25, 0.3) is 0 Å². The molecule has 0 spiro atoms. The van der Waals surface area contributed by atoms with E-state index in [-0.39, 0.29) is 28.0 Å². The molecule has 0 bridgehead atoms. The normalized spacial score (nSPS) is 20.1. The lowest BCUT2D eigenvalue weighted by atomic mass is 10.0. The van der Waals surface area contributed by atoms with Gasteiger partial charge in [-0.15, -0.1) is 28.2 Å². The van der Waals surface area contributed by atoms with Gasteiger partial charge in [0.1, 0.15) is 23.2 Å². The largest absolute Gasteiger partial charge is 0.477 e. The van der Waals surface area contributed by atoms with Gasteiger partial charge in [-0.05, 0) is 16.0 Å². The first kappa shape index (κ1) is 26.8. The number of sulfonamides is 1. The number of aryl methyl sites for hydroxylation is 1. The second-order valence-corrected chi connectivity index (χ2v) is 12.3. The summed E-state index contributed by atoms with van der Waals surface area (Å²) in [6.07, 6.45) is 0. The third-order valence-corrected chi connectivity index (χ3v) is 9.39. The molecule has 0 aromatic carbocycles. The van der Waals surface area contributed by atoms with Gasteiger partial charge < -0.3 is 16.2 Å². The summed E-state index contributed by atoms with van der Waals surface area (Å²) in [5.41, 5.74) is 5.91. The first-order chi connectivity index (χ1) is 17.5. The molecule has 0 aliphatic carbocycles. The van der Waals surface area contributed by atoms with Gasteiger partial charge in [0.2, 0.25) is 21.1 Å². The number of carbonyl (C=O) groups is 3. The van der Waals surface area contributed by atoms with Crippen LogP contribution in [0.2, 0.25) is 0 Å². The Morgan fingerprint density at radius 2 is 2.22 bits per heavy atom. The van der Waals surface area contributed by atoms with E-state index >= 15 is 0 Å². The van der Waals surface area contributed by atoms with Gasteiger partial charge >= 0.3 is 5.97 Å². The van der Waals surface area contributed by atoms with E-state index < -0.39 is 51.0 Å². The van der Waals surface area contributed by atoms with Crippen molar-refractivity contribution >= 4 is 67.8 Å². The van der Waals surface area contributed by atoms with Crippen molar-refractivity contribution in [1.29, 1.82) is 5.26 Å². The van der Waals surface area contributed by atoms with Crippen molar-refractivity contribution in [2.24, 2.45) is 7.05 Å². The van der Waals surface area contributed by atoms with E-state index in [2.05, 4.69) is 30.5 Å². The molecule has 2 aromatic rings. The maximum atomic E-state index is 13.1. The van der Waals surface area contributed by atoms with Crippen LogP contribution in [0.3, 0.4) is 0 Å². The van der Waals surface area contributed by atoms with Gasteiger partial charge in [-0.25, -0.2) is 22.9 Å². The lowest BCUT2D eigenvalue weighted by molar-refractivity contribution is -0.150. The van der Waals surface area contributed by atoms with Crippen LogP contribution in [0.1, 0.15) is 11.7 Å². The zero-order valence-electron chi connectivity index (χ0n) is 18.8. The summed E-state index contributed by atoms with van der Waals surface area (Å²) in [5.74, 6) is -3.27. The number of thioether (sulfide) groups is 2. The monoisotopic (exact) mass is 586 g/mol. The van der Waals surface area contributed by atoms with Crippen molar-refractivity contribution in [2.75, 3.05) is 23.0 Å². The average molecular weight is 587 g/mol. The summed E-state index contributed by atoms with van der Waals surface area (Å²) < 4.78 is 27.9. The van der Waals surface area contributed by atoms with Gasteiger partial charge in [0, 0.05) is 23.9 Å². The Hall–Kier alpha value is -3.25. The molecule has 4 rings (SSSR count).